The molecule has 1 aliphatic heterocycles. The number of unbranched alkanes of at least 4 members (excludes halogenated alkanes) is 3. The quantitative estimate of drug-likeness (QED) is 0.119. The van der Waals surface area contributed by atoms with Crippen molar-refractivity contribution in [2.45, 2.75) is 148 Å². The van der Waals surface area contributed by atoms with E-state index < -0.39 is 53.9 Å². The second-order valence-corrected chi connectivity index (χ2v) is 14.1. The molecule has 0 bridgehead atoms. The highest BCUT2D eigenvalue weighted by Crippen LogP contribution is 2.38. The predicted octanol–water partition coefficient (Wildman–Crippen LogP) is 4.97. The lowest BCUT2D eigenvalue weighted by Crippen LogP contribution is -2.46. The number of hydrogen-bond acceptors (Lipinski definition) is 9. The standard InChI is InChI=1S/C34H60O9/c1-7-8-9-10-11-21(2)14-23(4)16-24(19-35)15-22(3)12-13-28(39)34(5,6)29-18-26(37)30(33(41)43-29)32-31(40)27(38)17-25(20-36)42-32/h18,21-25,27-28,31-32,35-40H,7-17,19-20H2,1-6H3/t21?,22?,23?,24?,25-,27-,28?,31+,32-/m1/s1. The third-order valence-electron chi connectivity index (χ3n) is 9.49. The summed E-state index contributed by atoms with van der Waals surface area (Å²) in [5.41, 5.74) is -2.28. The fourth-order valence-corrected chi connectivity index (χ4v) is 6.67. The van der Waals surface area contributed by atoms with Crippen molar-refractivity contribution in [1.82, 2.24) is 0 Å². The van der Waals surface area contributed by atoms with Gasteiger partial charge in [0.05, 0.1) is 24.9 Å². The highest BCUT2D eigenvalue weighted by atomic mass is 16.5. The van der Waals surface area contributed by atoms with Crippen molar-refractivity contribution in [2.75, 3.05) is 13.2 Å². The molecular formula is C34H60O9. The first-order valence-electron chi connectivity index (χ1n) is 16.5. The average Bonchev–Trinajstić information content (AvgIpc) is 2.95. The summed E-state index contributed by atoms with van der Waals surface area (Å²) in [6.45, 7) is 12.2. The van der Waals surface area contributed by atoms with Crippen LogP contribution in [0.2, 0.25) is 0 Å². The smallest absolute Gasteiger partial charge is 0.345 e. The molecule has 0 radical (unpaired) electrons. The molecule has 250 valence electrons. The molecule has 0 saturated carbocycles. The maximum Gasteiger partial charge on any atom is 0.345 e. The Balaban J connectivity index is 1.96. The summed E-state index contributed by atoms with van der Waals surface area (Å²) in [6, 6.07) is 1.25. The van der Waals surface area contributed by atoms with Gasteiger partial charge in [0, 0.05) is 24.5 Å². The SMILES string of the molecule is CCCCCCC(C)CC(C)CC(CO)CC(C)CCC(O)C(C)(C)c1cc(O)c([C@H]2O[C@@H](CO)C[C@@H](O)[C@@H]2O)c(=O)o1. The van der Waals surface area contributed by atoms with Gasteiger partial charge in [-0.15, -0.1) is 0 Å². The molecular weight excluding hydrogens is 552 g/mol. The molecule has 0 spiro atoms. The van der Waals surface area contributed by atoms with Crippen molar-refractivity contribution >= 4 is 0 Å². The van der Waals surface area contributed by atoms with Crippen LogP contribution in [0.25, 0.3) is 0 Å². The number of ether oxygens (including phenoxy) is 1. The zero-order valence-corrected chi connectivity index (χ0v) is 27.4. The third-order valence-corrected chi connectivity index (χ3v) is 9.49. The number of aromatic hydroxyl groups is 1. The minimum Gasteiger partial charge on any atom is -0.507 e. The first-order valence-corrected chi connectivity index (χ1v) is 16.5. The van der Waals surface area contributed by atoms with Gasteiger partial charge in [-0.2, -0.15) is 0 Å². The van der Waals surface area contributed by atoms with E-state index in [1.165, 1.54) is 44.6 Å². The second-order valence-electron chi connectivity index (χ2n) is 14.1. The Morgan fingerprint density at radius 3 is 2.21 bits per heavy atom. The van der Waals surface area contributed by atoms with Crippen LogP contribution in [-0.4, -0.2) is 68.3 Å². The van der Waals surface area contributed by atoms with E-state index in [0.29, 0.717) is 18.3 Å². The molecule has 1 fully saturated rings. The molecule has 43 heavy (non-hydrogen) atoms. The van der Waals surface area contributed by atoms with Gasteiger partial charge in [-0.05, 0) is 55.8 Å². The van der Waals surface area contributed by atoms with Gasteiger partial charge in [0.15, 0.2) is 0 Å². The van der Waals surface area contributed by atoms with E-state index in [9.17, 15) is 35.4 Å². The molecule has 2 heterocycles. The molecule has 1 aliphatic rings. The van der Waals surface area contributed by atoms with Gasteiger partial charge in [-0.1, -0.05) is 73.6 Å². The molecule has 1 aromatic heterocycles. The van der Waals surface area contributed by atoms with E-state index in [0.717, 1.165) is 19.3 Å². The van der Waals surface area contributed by atoms with E-state index in [-0.39, 0.29) is 36.2 Å². The number of aliphatic hydroxyl groups is 5. The molecule has 2 rings (SSSR count). The minimum atomic E-state index is -1.48. The lowest BCUT2D eigenvalue weighted by Gasteiger charge is -2.36. The summed E-state index contributed by atoms with van der Waals surface area (Å²) in [5, 5.41) is 62.0. The first kappa shape index (κ1) is 37.7. The van der Waals surface area contributed by atoms with Crippen molar-refractivity contribution in [2.24, 2.45) is 23.7 Å². The van der Waals surface area contributed by atoms with Gasteiger partial charge >= 0.3 is 5.63 Å². The van der Waals surface area contributed by atoms with Crippen LogP contribution in [0.15, 0.2) is 15.3 Å². The molecule has 0 aliphatic carbocycles. The lowest BCUT2D eigenvalue weighted by atomic mass is 9.78. The number of hydrogen-bond donors (Lipinski definition) is 6. The fraction of sp³-hybridized carbons (Fsp3) is 0.853. The van der Waals surface area contributed by atoms with Gasteiger partial charge in [-0.25, -0.2) is 4.79 Å². The largest absolute Gasteiger partial charge is 0.507 e. The average molecular weight is 613 g/mol. The van der Waals surface area contributed by atoms with Crippen LogP contribution < -0.4 is 5.63 Å². The number of rotatable bonds is 19. The monoisotopic (exact) mass is 612 g/mol. The molecule has 0 aromatic carbocycles. The van der Waals surface area contributed by atoms with Crippen molar-refractivity contribution in [3.05, 3.63) is 27.8 Å². The van der Waals surface area contributed by atoms with E-state index in [1.807, 2.05) is 0 Å². The zero-order valence-electron chi connectivity index (χ0n) is 27.4. The van der Waals surface area contributed by atoms with Crippen LogP contribution in [0.4, 0.5) is 0 Å². The Labute approximate surface area is 258 Å². The maximum atomic E-state index is 13.0. The van der Waals surface area contributed by atoms with Gasteiger partial charge < -0.3 is 39.8 Å². The van der Waals surface area contributed by atoms with E-state index >= 15 is 0 Å². The Morgan fingerprint density at radius 1 is 0.953 bits per heavy atom. The lowest BCUT2D eigenvalue weighted by molar-refractivity contribution is -0.180. The van der Waals surface area contributed by atoms with E-state index in [1.54, 1.807) is 13.8 Å². The minimum absolute atomic E-state index is 0.00747. The molecule has 1 aromatic rings. The summed E-state index contributed by atoms with van der Waals surface area (Å²) in [4.78, 5) is 13.0. The van der Waals surface area contributed by atoms with Crippen LogP contribution in [0.3, 0.4) is 0 Å². The van der Waals surface area contributed by atoms with Crippen LogP contribution in [0.1, 0.15) is 130 Å². The Bertz CT molecular complexity index is 993. The highest BCUT2D eigenvalue weighted by molar-refractivity contribution is 5.35. The van der Waals surface area contributed by atoms with Crippen LogP contribution >= 0.6 is 0 Å². The first-order chi connectivity index (χ1) is 20.2. The topological polar surface area (TPSA) is 161 Å². The Morgan fingerprint density at radius 2 is 1.60 bits per heavy atom. The van der Waals surface area contributed by atoms with Gasteiger partial charge in [0.25, 0.3) is 0 Å². The normalized spacial score (nSPS) is 24.8. The Kier molecular flexibility index (Phi) is 15.7. The zero-order chi connectivity index (χ0) is 32.3. The summed E-state index contributed by atoms with van der Waals surface area (Å²) >= 11 is 0. The van der Waals surface area contributed by atoms with E-state index in [4.69, 9.17) is 9.15 Å². The highest BCUT2D eigenvalue weighted by Gasteiger charge is 2.42. The summed E-state index contributed by atoms with van der Waals surface area (Å²) < 4.78 is 11.1. The van der Waals surface area contributed by atoms with Crippen molar-refractivity contribution < 1.29 is 39.8 Å². The van der Waals surface area contributed by atoms with Crippen LogP contribution in [0.5, 0.6) is 5.75 Å². The van der Waals surface area contributed by atoms with Crippen LogP contribution in [-0.2, 0) is 10.2 Å². The predicted molar refractivity (Wildman–Crippen MR) is 167 cm³/mol. The van der Waals surface area contributed by atoms with Crippen molar-refractivity contribution in [3.63, 3.8) is 0 Å². The summed E-state index contributed by atoms with van der Waals surface area (Å²) in [7, 11) is 0. The molecule has 1 saturated heterocycles. The van der Waals surface area contributed by atoms with Gasteiger partial charge in [0.2, 0.25) is 0 Å². The van der Waals surface area contributed by atoms with Crippen molar-refractivity contribution in [3.8, 4) is 5.75 Å². The molecule has 5 unspecified atom stereocenters. The maximum absolute atomic E-state index is 13.0. The van der Waals surface area contributed by atoms with Gasteiger partial charge in [-0.3, -0.25) is 0 Å². The molecule has 0 amide bonds. The molecule has 9 nitrogen and oxygen atoms in total. The third kappa shape index (κ3) is 11.1. The van der Waals surface area contributed by atoms with Crippen molar-refractivity contribution in [1.29, 1.82) is 0 Å². The summed E-state index contributed by atoms with van der Waals surface area (Å²) in [5.74, 6) is 1.36. The Hall–Kier alpha value is -1.49. The summed E-state index contributed by atoms with van der Waals surface area (Å²) in [6.07, 6.45) is 4.85. The van der Waals surface area contributed by atoms with Gasteiger partial charge in [0.1, 0.15) is 29.3 Å². The fourth-order valence-electron chi connectivity index (χ4n) is 6.67. The molecule has 6 N–H and O–H groups in total. The van der Waals surface area contributed by atoms with Crippen LogP contribution in [0, 0.1) is 23.7 Å². The number of aliphatic hydroxyl groups excluding tert-OH is 5. The second kappa shape index (κ2) is 17.9. The van der Waals surface area contributed by atoms with E-state index in [2.05, 4.69) is 27.7 Å². The molecule has 9 heteroatoms. The molecule has 9 atom stereocenters.